The van der Waals surface area contributed by atoms with E-state index in [-0.39, 0.29) is 29.7 Å². The highest BCUT2D eigenvalue weighted by molar-refractivity contribution is 7.89. The van der Waals surface area contributed by atoms with Gasteiger partial charge in [0, 0.05) is 37.6 Å². The van der Waals surface area contributed by atoms with Gasteiger partial charge in [-0.2, -0.15) is 4.31 Å². The molecule has 3 aromatic rings. The largest absolute Gasteiger partial charge is 0.457 e. The number of hydrogen-bond donors (Lipinski definition) is 0. The fourth-order valence-corrected chi connectivity index (χ4v) is 5.18. The molecule has 29 heavy (non-hydrogen) atoms. The minimum absolute atomic E-state index is 0.113. The Morgan fingerprint density at radius 1 is 1.14 bits per heavy atom. The minimum atomic E-state index is -3.69. The zero-order valence-corrected chi connectivity index (χ0v) is 17.0. The van der Waals surface area contributed by atoms with Gasteiger partial charge < -0.3 is 13.8 Å². The standard InChI is InChI=1S/C20H21N3O5S/c1-14-20(15(2)28-21-14)29(25,26)23-11-9-22(10-12-23)19(24)8-7-17-13-16-5-3-4-6-18(16)27-17/h3-8,13H,9-12H2,1-2H3. The van der Waals surface area contributed by atoms with Gasteiger partial charge >= 0.3 is 0 Å². The van der Waals surface area contributed by atoms with Crippen molar-refractivity contribution in [1.29, 1.82) is 0 Å². The number of sulfonamides is 1. The lowest BCUT2D eigenvalue weighted by atomic mass is 10.2. The number of nitrogens with zero attached hydrogens (tertiary/aromatic N) is 3. The molecule has 0 bridgehead atoms. The average Bonchev–Trinajstić information content (AvgIpc) is 3.28. The fourth-order valence-electron chi connectivity index (χ4n) is 3.46. The number of hydrogen-bond acceptors (Lipinski definition) is 6. The molecule has 0 atom stereocenters. The number of aromatic nitrogens is 1. The van der Waals surface area contributed by atoms with Crippen molar-refractivity contribution < 1.29 is 22.2 Å². The second kappa shape index (κ2) is 7.49. The molecule has 2 aromatic heterocycles. The molecule has 1 fully saturated rings. The van der Waals surface area contributed by atoms with Crippen molar-refractivity contribution in [2.75, 3.05) is 26.2 Å². The monoisotopic (exact) mass is 415 g/mol. The van der Waals surface area contributed by atoms with Crippen LogP contribution in [-0.4, -0.2) is 54.9 Å². The second-order valence-corrected chi connectivity index (χ2v) is 8.78. The molecule has 152 valence electrons. The molecule has 0 spiro atoms. The summed E-state index contributed by atoms with van der Waals surface area (Å²) in [5.41, 5.74) is 1.10. The van der Waals surface area contributed by atoms with Crippen molar-refractivity contribution in [3.05, 3.63) is 53.6 Å². The summed E-state index contributed by atoms with van der Waals surface area (Å²) in [5, 5.41) is 4.70. The Labute approximate surface area is 168 Å². The third kappa shape index (κ3) is 3.70. The number of benzene rings is 1. The summed E-state index contributed by atoms with van der Waals surface area (Å²) in [6, 6.07) is 9.49. The molecule has 0 saturated carbocycles. The van der Waals surface area contributed by atoms with Crippen LogP contribution in [0.1, 0.15) is 17.2 Å². The molecule has 1 amide bonds. The molecule has 0 radical (unpaired) electrons. The maximum Gasteiger partial charge on any atom is 0.248 e. The lowest BCUT2D eigenvalue weighted by molar-refractivity contribution is -0.127. The second-order valence-electron chi connectivity index (χ2n) is 6.90. The van der Waals surface area contributed by atoms with E-state index < -0.39 is 10.0 Å². The molecule has 8 nitrogen and oxygen atoms in total. The maximum absolute atomic E-state index is 12.9. The van der Waals surface area contributed by atoms with Crippen molar-refractivity contribution in [3.63, 3.8) is 0 Å². The predicted octanol–water partition coefficient (Wildman–Crippen LogP) is 2.58. The molecule has 1 saturated heterocycles. The number of para-hydroxylation sites is 1. The maximum atomic E-state index is 12.9. The van der Waals surface area contributed by atoms with Gasteiger partial charge in [-0.25, -0.2) is 8.42 Å². The van der Waals surface area contributed by atoms with E-state index in [0.29, 0.717) is 24.5 Å². The van der Waals surface area contributed by atoms with Gasteiger partial charge in [0.1, 0.15) is 21.9 Å². The summed E-state index contributed by atoms with van der Waals surface area (Å²) in [5.74, 6) is 0.689. The highest BCUT2D eigenvalue weighted by Gasteiger charge is 2.33. The van der Waals surface area contributed by atoms with E-state index in [2.05, 4.69) is 5.16 Å². The Bertz CT molecular complexity index is 1130. The summed E-state index contributed by atoms with van der Waals surface area (Å²) in [7, 11) is -3.69. The molecule has 1 aromatic carbocycles. The van der Waals surface area contributed by atoms with E-state index in [9.17, 15) is 13.2 Å². The van der Waals surface area contributed by atoms with Crippen molar-refractivity contribution >= 4 is 33.0 Å². The van der Waals surface area contributed by atoms with Crippen LogP contribution in [0.25, 0.3) is 17.0 Å². The first kappa shape index (κ1) is 19.4. The molecule has 0 N–H and O–H groups in total. The fraction of sp³-hybridized carbons (Fsp3) is 0.300. The molecule has 0 unspecified atom stereocenters. The number of carbonyl (C=O) groups excluding carboxylic acids is 1. The number of aryl methyl sites for hydroxylation is 2. The minimum Gasteiger partial charge on any atom is -0.457 e. The van der Waals surface area contributed by atoms with Gasteiger partial charge in [0.05, 0.1) is 0 Å². The number of carbonyl (C=O) groups is 1. The van der Waals surface area contributed by atoms with E-state index in [1.54, 1.807) is 24.8 Å². The first-order chi connectivity index (χ1) is 13.9. The van der Waals surface area contributed by atoms with Crippen LogP contribution in [0.15, 0.2) is 50.2 Å². The van der Waals surface area contributed by atoms with Crippen molar-refractivity contribution in [2.45, 2.75) is 18.7 Å². The van der Waals surface area contributed by atoms with Crippen LogP contribution in [-0.2, 0) is 14.8 Å². The number of amides is 1. The van der Waals surface area contributed by atoms with Crippen LogP contribution < -0.4 is 0 Å². The van der Waals surface area contributed by atoms with Crippen LogP contribution in [0.4, 0.5) is 0 Å². The lowest BCUT2D eigenvalue weighted by Crippen LogP contribution is -2.50. The smallest absolute Gasteiger partial charge is 0.248 e. The van der Waals surface area contributed by atoms with Gasteiger partial charge in [-0.05, 0) is 32.1 Å². The summed E-state index contributed by atoms with van der Waals surface area (Å²) in [6.45, 7) is 4.24. The van der Waals surface area contributed by atoms with Gasteiger partial charge in [-0.1, -0.05) is 23.4 Å². The highest BCUT2D eigenvalue weighted by atomic mass is 32.2. The molecule has 1 aliphatic heterocycles. The van der Waals surface area contributed by atoms with Crippen molar-refractivity contribution in [2.24, 2.45) is 0 Å². The topological polar surface area (TPSA) is 96.9 Å². The van der Waals surface area contributed by atoms with E-state index in [1.165, 1.54) is 10.4 Å². The Balaban J connectivity index is 1.40. The summed E-state index contributed by atoms with van der Waals surface area (Å²) in [4.78, 5) is 14.2. The SMILES string of the molecule is Cc1noc(C)c1S(=O)(=O)N1CCN(C(=O)C=Cc2cc3ccccc3o2)CC1. The predicted molar refractivity (Wildman–Crippen MR) is 107 cm³/mol. The first-order valence-corrected chi connectivity index (χ1v) is 10.7. The molecular formula is C20H21N3O5S. The number of piperazine rings is 1. The van der Waals surface area contributed by atoms with Crippen molar-refractivity contribution in [1.82, 2.24) is 14.4 Å². The van der Waals surface area contributed by atoms with Crippen LogP contribution in [0.2, 0.25) is 0 Å². The van der Waals surface area contributed by atoms with Crippen LogP contribution in [0.3, 0.4) is 0 Å². The third-order valence-electron chi connectivity index (χ3n) is 4.95. The zero-order valence-electron chi connectivity index (χ0n) is 16.2. The Kier molecular flexibility index (Phi) is 5.01. The Hall–Kier alpha value is -2.91. The normalized spacial score (nSPS) is 16.1. The van der Waals surface area contributed by atoms with Crippen LogP contribution >= 0.6 is 0 Å². The number of rotatable bonds is 4. The quantitative estimate of drug-likeness (QED) is 0.608. The molecular weight excluding hydrogens is 394 g/mol. The molecule has 3 heterocycles. The van der Waals surface area contributed by atoms with Gasteiger partial charge in [0.25, 0.3) is 0 Å². The molecule has 0 aliphatic carbocycles. The molecule has 4 rings (SSSR count). The third-order valence-corrected chi connectivity index (χ3v) is 7.09. The van der Waals surface area contributed by atoms with E-state index in [1.807, 2.05) is 30.3 Å². The van der Waals surface area contributed by atoms with Gasteiger partial charge in [0.2, 0.25) is 15.9 Å². The van der Waals surface area contributed by atoms with Crippen molar-refractivity contribution in [3.8, 4) is 0 Å². The van der Waals surface area contributed by atoms with E-state index >= 15 is 0 Å². The van der Waals surface area contributed by atoms with Crippen LogP contribution in [0, 0.1) is 13.8 Å². The molecule has 1 aliphatic rings. The zero-order chi connectivity index (χ0) is 20.6. The summed E-state index contributed by atoms with van der Waals surface area (Å²) < 4.78 is 37.7. The average molecular weight is 415 g/mol. The Morgan fingerprint density at radius 2 is 1.86 bits per heavy atom. The van der Waals surface area contributed by atoms with E-state index in [0.717, 1.165) is 11.0 Å². The summed E-state index contributed by atoms with van der Waals surface area (Å²) in [6.07, 6.45) is 3.09. The first-order valence-electron chi connectivity index (χ1n) is 9.25. The molecule has 9 heteroatoms. The van der Waals surface area contributed by atoms with Crippen LogP contribution in [0.5, 0.6) is 0 Å². The number of furan rings is 1. The van der Waals surface area contributed by atoms with Gasteiger partial charge in [0.15, 0.2) is 5.76 Å². The number of fused-ring (bicyclic) bond motifs is 1. The van der Waals surface area contributed by atoms with E-state index in [4.69, 9.17) is 8.94 Å². The Morgan fingerprint density at radius 3 is 2.52 bits per heavy atom. The summed E-state index contributed by atoms with van der Waals surface area (Å²) >= 11 is 0. The highest BCUT2D eigenvalue weighted by Crippen LogP contribution is 2.24. The lowest BCUT2D eigenvalue weighted by Gasteiger charge is -2.33. The van der Waals surface area contributed by atoms with Gasteiger partial charge in [-0.3, -0.25) is 4.79 Å². The van der Waals surface area contributed by atoms with Gasteiger partial charge in [-0.15, -0.1) is 0 Å².